The molecule has 0 spiro atoms. The van der Waals surface area contributed by atoms with Crippen LogP contribution >= 0.6 is 11.3 Å². The number of nitrogens with zero attached hydrogens (tertiary/aromatic N) is 1. The van der Waals surface area contributed by atoms with Crippen LogP contribution < -0.4 is 4.74 Å². The van der Waals surface area contributed by atoms with Crippen LogP contribution in [-0.4, -0.2) is 20.5 Å². The second-order valence-corrected chi connectivity index (χ2v) is 4.97. The van der Waals surface area contributed by atoms with Crippen molar-refractivity contribution in [2.24, 2.45) is 0 Å². The number of hydrogen-bond donors (Lipinski definition) is 1. The SMILES string of the molecule is COc1cccc2nc(C[SH](=O)=O)sc12. The maximum absolute atomic E-state index is 10.6. The molecule has 0 bridgehead atoms. The standard InChI is InChI=1S/C9H9NO3S2/c1-13-7-4-2-3-6-9(7)14-8(10-6)5-15(11)12/h2-4,15H,5H2,1H3. The van der Waals surface area contributed by atoms with Gasteiger partial charge in [-0.3, -0.25) is 0 Å². The monoisotopic (exact) mass is 243 g/mol. The Hall–Kier alpha value is -1.14. The van der Waals surface area contributed by atoms with Crippen LogP contribution in [0.25, 0.3) is 10.2 Å². The fraction of sp³-hybridized carbons (Fsp3) is 0.222. The van der Waals surface area contributed by atoms with E-state index < -0.39 is 10.7 Å². The molecule has 15 heavy (non-hydrogen) atoms. The second kappa shape index (κ2) is 4.16. The third-order valence-electron chi connectivity index (χ3n) is 1.91. The van der Waals surface area contributed by atoms with Gasteiger partial charge in [-0.1, -0.05) is 6.07 Å². The molecule has 0 atom stereocenters. The van der Waals surface area contributed by atoms with Crippen LogP contribution in [-0.2, 0) is 16.5 Å². The van der Waals surface area contributed by atoms with Crippen molar-refractivity contribution in [3.63, 3.8) is 0 Å². The van der Waals surface area contributed by atoms with E-state index in [1.807, 2.05) is 18.2 Å². The average Bonchev–Trinajstić information content (AvgIpc) is 2.58. The van der Waals surface area contributed by atoms with Crippen molar-refractivity contribution in [1.82, 2.24) is 4.98 Å². The van der Waals surface area contributed by atoms with Crippen molar-refractivity contribution in [1.29, 1.82) is 0 Å². The molecule has 0 radical (unpaired) electrons. The van der Waals surface area contributed by atoms with Crippen molar-refractivity contribution in [2.75, 3.05) is 7.11 Å². The van der Waals surface area contributed by atoms with Gasteiger partial charge in [0.15, 0.2) is 0 Å². The van der Waals surface area contributed by atoms with Crippen molar-refractivity contribution in [3.8, 4) is 5.75 Å². The fourth-order valence-corrected chi connectivity index (χ4v) is 3.02. The molecule has 0 fully saturated rings. The summed E-state index contributed by atoms with van der Waals surface area (Å²) < 4.78 is 27.2. The fourth-order valence-electron chi connectivity index (χ4n) is 1.31. The first-order valence-corrected chi connectivity index (χ1v) is 6.43. The van der Waals surface area contributed by atoms with Crippen LogP contribution in [0.5, 0.6) is 5.75 Å². The van der Waals surface area contributed by atoms with Crippen LogP contribution in [0.1, 0.15) is 5.01 Å². The highest BCUT2D eigenvalue weighted by Crippen LogP contribution is 2.30. The largest absolute Gasteiger partial charge is 0.495 e. The smallest absolute Gasteiger partial charge is 0.146 e. The minimum atomic E-state index is -2.42. The Balaban J connectivity index is 2.54. The first-order chi connectivity index (χ1) is 7.20. The normalized spacial score (nSPS) is 11.1. The molecule has 2 aromatic rings. The maximum atomic E-state index is 10.6. The molecule has 2 rings (SSSR count). The summed E-state index contributed by atoms with van der Waals surface area (Å²) >= 11 is 1.36. The van der Waals surface area contributed by atoms with E-state index in [2.05, 4.69) is 4.98 Å². The van der Waals surface area contributed by atoms with Crippen LogP contribution in [0, 0.1) is 0 Å². The predicted molar refractivity (Wildman–Crippen MR) is 60.2 cm³/mol. The number of aromatic nitrogens is 1. The maximum Gasteiger partial charge on any atom is 0.146 e. The average molecular weight is 243 g/mol. The highest BCUT2D eigenvalue weighted by Gasteiger charge is 2.08. The molecule has 80 valence electrons. The number of methoxy groups -OCH3 is 1. The summed E-state index contributed by atoms with van der Waals surface area (Å²) in [6, 6.07) is 5.51. The van der Waals surface area contributed by atoms with Gasteiger partial charge in [0.05, 0.1) is 23.1 Å². The van der Waals surface area contributed by atoms with E-state index in [1.54, 1.807) is 7.11 Å². The third-order valence-corrected chi connectivity index (χ3v) is 3.76. The second-order valence-electron chi connectivity index (χ2n) is 2.91. The first kappa shape index (κ1) is 10.4. The molecule has 1 aromatic carbocycles. The molecule has 0 aliphatic carbocycles. The molecule has 0 saturated carbocycles. The van der Waals surface area contributed by atoms with Crippen molar-refractivity contribution in [2.45, 2.75) is 5.75 Å². The zero-order valence-corrected chi connectivity index (χ0v) is 9.68. The van der Waals surface area contributed by atoms with Crippen molar-refractivity contribution < 1.29 is 13.2 Å². The zero-order chi connectivity index (χ0) is 10.8. The summed E-state index contributed by atoms with van der Waals surface area (Å²) in [6.07, 6.45) is 0. The van der Waals surface area contributed by atoms with E-state index in [0.29, 0.717) is 5.01 Å². The van der Waals surface area contributed by atoms with Crippen LogP contribution in [0.2, 0.25) is 0 Å². The number of thiol groups is 1. The highest BCUT2D eigenvalue weighted by molar-refractivity contribution is 7.71. The molecule has 1 heterocycles. The van der Waals surface area contributed by atoms with E-state index in [0.717, 1.165) is 16.0 Å². The summed E-state index contributed by atoms with van der Waals surface area (Å²) in [7, 11) is -0.835. The first-order valence-electron chi connectivity index (χ1n) is 4.25. The molecule has 0 amide bonds. The Morgan fingerprint density at radius 2 is 2.27 bits per heavy atom. The summed E-state index contributed by atoms with van der Waals surface area (Å²) in [5, 5.41) is 0.602. The van der Waals surface area contributed by atoms with Crippen LogP contribution in [0.4, 0.5) is 0 Å². The zero-order valence-electron chi connectivity index (χ0n) is 7.97. The number of rotatable bonds is 3. The quantitative estimate of drug-likeness (QED) is 0.828. The summed E-state index contributed by atoms with van der Waals surface area (Å²) in [6.45, 7) is 0. The number of thiazole rings is 1. The highest BCUT2D eigenvalue weighted by atomic mass is 32.2. The van der Waals surface area contributed by atoms with E-state index >= 15 is 0 Å². The number of benzene rings is 1. The Morgan fingerprint density at radius 1 is 1.47 bits per heavy atom. The molecular weight excluding hydrogens is 234 g/mol. The summed E-state index contributed by atoms with van der Waals surface area (Å²) in [4.78, 5) is 4.22. The van der Waals surface area contributed by atoms with Gasteiger partial charge in [0.25, 0.3) is 0 Å². The molecule has 6 heteroatoms. The molecular formula is C9H9NO3S2. The van der Waals surface area contributed by atoms with E-state index in [1.165, 1.54) is 11.3 Å². The minimum Gasteiger partial charge on any atom is -0.495 e. The van der Waals surface area contributed by atoms with Gasteiger partial charge in [-0.25, -0.2) is 13.4 Å². The molecule has 0 aliphatic rings. The van der Waals surface area contributed by atoms with E-state index in [4.69, 9.17) is 4.74 Å². The topological polar surface area (TPSA) is 56.3 Å². The van der Waals surface area contributed by atoms with Gasteiger partial charge in [0, 0.05) is 0 Å². The molecule has 0 N–H and O–H groups in total. The lowest BCUT2D eigenvalue weighted by Crippen LogP contribution is -1.83. The van der Waals surface area contributed by atoms with Gasteiger partial charge >= 0.3 is 0 Å². The van der Waals surface area contributed by atoms with Gasteiger partial charge in [-0.05, 0) is 12.1 Å². The Kier molecular flexibility index (Phi) is 2.88. The molecule has 0 aliphatic heterocycles. The molecule has 4 nitrogen and oxygen atoms in total. The van der Waals surface area contributed by atoms with Gasteiger partial charge in [0.2, 0.25) is 0 Å². The number of ether oxygens (including phenoxy) is 1. The lowest BCUT2D eigenvalue weighted by molar-refractivity contribution is 0.420. The van der Waals surface area contributed by atoms with Gasteiger partial charge in [0.1, 0.15) is 21.5 Å². The summed E-state index contributed by atoms with van der Waals surface area (Å²) in [5.74, 6) is 0.732. The lowest BCUT2D eigenvalue weighted by Gasteiger charge is -1.97. The minimum absolute atomic E-state index is 0.00215. The molecule has 0 saturated heterocycles. The molecule has 1 aromatic heterocycles. The van der Waals surface area contributed by atoms with Gasteiger partial charge < -0.3 is 4.74 Å². The number of fused-ring (bicyclic) bond motifs is 1. The van der Waals surface area contributed by atoms with Crippen LogP contribution in [0.15, 0.2) is 18.2 Å². The Labute approximate surface area is 92.5 Å². The predicted octanol–water partition coefficient (Wildman–Crippen LogP) is 1.42. The van der Waals surface area contributed by atoms with E-state index in [-0.39, 0.29) is 5.75 Å². The molecule has 0 unspecified atom stereocenters. The van der Waals surface area contributed by atoms with Crippen LogP contribution in [0.3, 0.4) is 0 Å². The summed E-state index contributed by atoms with van der Waals surface area (Å²) in [5.41, 5.74) is 0.784. The van der Waals surface area contributed by atoms with Crippen molar-refractivity contribution in [3.05, 3.63) is 23.2 Å². The van der Waals surface area contributed by atoms with Gasteiger partial charge in [-0.15, -0.1) is 11.3 Å². The Morgan fingerprint density at radius 3 is 2.93 bits per heavy atom. The third kappa shape index (κ3) is 2.10. The number of hydrogen-bond acceptors (Lipinski definition) is 5. The Bertz CT molecular complexity index is 551. The van der Waals surface area contributed by atoms with Gasteiger partial charge in [-0.2, -0.15) is 0 Å². The lowest BCUT2D eigenvalue weighted by atomic mass is 10.3. The van der Waals surface area contributed by atoms with Crippen molar-refractivity contribution >= 4 is 32.3 Å². The van der Waals surface area contributed by atoms with E-state index in [9.17, 15) is 8.42 Å².